The Kier molecular flexibility index (Phi) is 1.85. The Morgan fingerprint density at radius 3 is 3.00 bits per heavy atom. The number of hydrogen-bond donors (Lipinski definition) is 0. The number of fused-ring (bicyclic) bond motifs is 1. The lowest BCUT2D eigenvalue weighted by Gasteiger charge is -2.01. The van der Waals surface area contributed by atoms with Gasteiger partial charge < -0.3 is 9.47 Å². The molecule has 0 spiro atoms. The van der Waals surface area contributed by atoms with E-state index in [-0.39, 0.29) is 12.4 Å². The molecule has 13 heavy (non-hydrogen) atoms. The number of nitrogens with zero attached hydrogens (tertiary/aromatic N) is 1. The molecule has 0 bridgehead atoms. The van der Waals surface area contributed by atoms with Crippen LogP contribution in [0.3, 0.4) is 0 Å². The van der Waals surface area contributed by atoms with Gasteiger partial charge in [-0.3, -0.25) is 0 Å². The van der Waals surface area contributed by atoms with Gasteiger partial charge in [0.1, 0.15) is 17.4 Å². The van der Waals surface area contributed by atoms with E-state index < -0.39 is 5.82 Å². The normalized spacial score (nSPS) is 12.7. The Morgan fingerprint density at radius 1 is 1.54 bits per heavy atom. The summed E-state index contributed by atoms with van der Waals surface area (Å²) in [5.41, 5.74) is -0.0655. The lowest BCUT2D eigenvalue weighted by molar-refractivity contribution is 0.173. The SMILES string of the molecule is N#Cc1c(F)cc2c(c1Br)OCO2. The van der Waals surface area contributed by atoms with Crippen LogP contribution in [0.1, 0.15) is 5.56 Å². The van der Waals surface area contributed by atoms with E-state index in [2.05, 4.69) is 15.9 Å². The van der Waals surface area contributed by atoms with Crippen molar-refractivity contribution in [2.24, 2.45) is 0 Å². The van der Waals surface area contributed by atoms with Gasteiger partial charge in [-0.15, -0.1) is 0 Å². The summed E-state index contributed by atoms with van der Waals surface area (Å²) in [6.07, 6.45) is 0. The number of rotatable bonds is 0. The summed E-state index contributed by atoms with van der Waals surface area (Å²) >= 11 is 3.08. The fourth-order valence-corrected chi connectivity index (χ4v) is 1.66. The molecule has 0 radical (unpaired) electrons. The zero-order valence-electron chi connectivity index (χ0n) is 6.30. The van der Waals surface area contributed by atoms with E-state index in [4.69, 9.17) is 14.7 Å². The number of hydrogen-bond acceptors (Lipinski definition) is 3. The molecule has 0 amide bonds. The predicted octanol–water partition coefficient (Wildman–Crippen LogP) is 2.19. The van der Waals surface area contributed by atoms with Crippen molar-refractivity contribution in [2.45, 2.75) is 0 Å². The number of ether oxygens (including phenoxy) is 2. The minimum atomic E-state index is -0.612. The Balaban J connectivity index is 2.71. The molecule has 66 valence electrons. The van der Waals surface area contributed by atoms with Crippen LogP contribution >= 0.6 is 15.9 Å². The van der Waals surface area contributed by atoms with Gasteiger partial charge in [0, 0.05) is 6.07 Å². The van der Waals surface area contributed by atoms with Crippen LogP contribution < -0.4 is 9.47 Å². The zero-order chi connectivity index (χ0) is 9.42. The summed E-state index contributed by atoms with van der Waals surface area (Å²) in [5.74, 6) is 0.0972. The summed E-state index contributed by atoms with van der Waals surface area (Å²) in [4.78, 5) is 0. The fourth-order valence-electron chi connectivity index (χ4n) is 1.08. The van der Waals surface area contributed by atoms with Crippen molar-refractivity contribution in [1.82, 2.24) is 0 Å². The molecule has 1 aromatic rings. The topological polar surface area (TPSA) is 42.2 Å². The largest absolute Gasteiger partial charge is 0.453 e. The van der Waals surface area contributed by atoms with E-state index in [0.717, 1.165) is 6.07 Å². The van der Waals surface area contributed by atoms with Gasteiger partial charge in [-0.1, -0.05) is 0 Å². The van der Waals surface area contributed by atoms with Crippen LogP contribution in [0.5, 0.6) is 11.5 Å². The second kappa shape index (κ2) is 2.89. The lowest BCUT2D eigenvalue weighted by atomic mass is 10.2. The second-order valence-corrected chi connectivity index (χ2v) is 3.19. The highest BCUT2D eigenvalue weighted by atomic mass is 79.9. The monoisotopic (exact) mass is 243 g/mol. The van der Waals surface area contributed by atoms with Crippen LogP contribution in [0.25, 0.3) is 0 Å². The molecule has 2 rings (SSSR count). The Labute approximate surface area is 81.8 Å². The summed E-state index contributed by atoms with van der Waals surface area (Å²) in [6, 6.07) is 2.88. The molecule has 0 saturated carbocycles. The van der Waals surface area contributed by atoms with Crippen LogP contribution in [0.15, 0.2) is 10.5 Å². The summed E-state index contributed by atoms with van der Waals surface area (Å²) in [6.45, 7) is 0.0578. The number of nitriles is 1. The van der Waals surface area contributed by atoms with Gasteiger partial charge in [0.2, 0.25) is 6.79 Å². The third kappa shape index (κ3) is 1.14. The van der Waals surface area contributed by atoms with Crippen molar-refractivity contribution < 1.29 is 13.9 Å². The minimum absolute atomic E-state index is 0.0578. The van der Waals surface area contributed by atoms with E-state index >= 15 is 0 Å². The average molecular weight is 244 g/mol. The Bertz CT molecular complexity index is 413. The van der Waals surface area contributed by atoms with E-state index in [0.29, 0.717) is 16.0 Å². The first-order valence-corrected chi connectivity index (χ1v) is 4.21. The first-order chi connectivity index (χ1) is 6.24. The molecule has 0 fully saturated rings. The molecule has 0 unspecified atom stereocenters. The maximum Gasteiger partial charge on any atom is 0.231 e. The fraction of sp³-hybridized carbons (Fsp3) is 0.125. The Morgan fingerprint density at radius 2 is 2.31 bits per heavy atom. The standard InChI is InChI=1S/C8H3BrFNO2/c9-7-4(2-11)5(10)1-6-8(7)13-3-12-6/h1H,3H2. The van der Waals surface area contributed by atoms with Crippen molar-refractivity contribution in [1.29, 1.82) is 5.26 Å². The van der Waals surface area contributed by atoms with Crippen LogP contribution in [-0.2, 0) is 0 Å². The van der Waals surface area contributed by atoms with Gasteiger partial charge in [0.05, 0.1) is 4.47 Å². The first kappa shape index (κ1) is 8.32. The number of halogens is 2. The van der Waals surface area contributed by atoms with E-state index in [1.807, 2.05) is 0 Å². The van der Waals surface area contributed by atoms with Gasteiger partial charge in [0.15, 0.2) is 11.5 Å². The molecule has 0 aromatic heterocycles. The van der Waals surface area contributed by atoms with E-state index in [1.165, 1.54) is 0 Å². The number of benzene rings is 1. The van der Waals surface area contributed by atoms with E-state index in [9.17, 15) is 4.39 Å². The van der Waals surface area contributed by atoms with Crippen LogP contribution in [0.2, 0.25) is 0 Å². The van der Waals surface area contributed by atoms with E-state index in [1.54, 1.807) is 6.07 Å². The van der Waals surface area contributed by atoms with Crippen molar-refractivity contribution >= 4 is 15.9 Å². The molecule has 0 aliphatic carbocycles. The van der Waals surface area contributed by atoms with Crippen LogP contribution in [0.4, 0.5) is 4.39 Å². The summed E-state index contributed by atoms with van der Waals surface area (Å²) in [7, 11) is 0. The highest BCUT2D eigenvalue weighted by Gasteiger charge is 2.22. The Hall–Kier alpha value is -1.28. The third-order valence-electron chi connectivity index (χ3n) is 1.67. The molecule has 1 aliphatic heterocycles. The molecule has 0 N–H and O–H groups in total. The maximum absolute atomic E-state index is 13.1. The minimum Gasteiger partial charge on any atom is -0.453 e. The molecule has 0 atom stereocenters. The maximum atomic E-state index is 13.1. The first-order valence-electron chi connectivity index (χ1n) is 3.41. The molecule has 3 nitrogen and oxygen atoms in total. The molecule has 1 aliphatic rings. The van der Waals surface area contributed by atoms with Gasteiger partial charge in [-0.2, -0.15) is 5.26 Å². The zero-order valence-corrected chi connectivity index (χ0v) is 7.89. The van der Waals surface area contributed by atoms with Crippen molar-refractivity contribution in [2.75, 3.05) is 6.79 Å². The highest BCUT2D eigenvalue weighted by Crippen LogP contribution is 2.41. The highest BCUT2D eigenvalue weighted by molar-refractivity contribution is 9.10. The molecule has 1 aromatic carbocycles. The molecular weight excluding hydrogens is 241 g/mol. The summed E-state index contributed by atoms with van der Waals surface area (Å²) < 4.78 is 23.4. The second-order valence-electron chi connectivity index (χ2n) is 2.39. The lowest BCUT2D eigenvalue weighted by Crippen LogP contribution is -1.93. The van der Waals surface area contributed by atoms with Crippen LogP contribution in [0, 0.1) is 17.1 Å². The van der Waals surface area contributed by atoms with Gasteiger partial charge in [-0.05, 0) is 15.9 Å². The molecule has 5 heteroatoms. The quantitative estimate of drug-likeness (QED) is 0.702. The third-order valence-corrected chi connectivity index (χ3v) is 2.43. The molecule has 1 heterocycles. The van der Waals surface area contributed by atoms with Crippen LogP contribution in [-0.4, -0.2) is 6.79 Å². The summed E-state index contributed by atoms with van der Waals surface area (Å²) in [5, 5.41) is 8.61. The molecular formula is C8H3BrFNO2. The molecule has 0 saturated heterocycles. The van der Waals surface area contributed by atoms with Gasteiger partial charge in [-0.25, -0.2) is 4.39 Å². The van der Waals surface area contributed by atoms with Gasteiger partial charge in [0.25, 0.3) is 0 Å². The van der Waals surface area contributed by atoms with Crippen molar-refractivity contribution in [3.8, 4) is 17.6 Å². The van der Waals surface area contributed by atoms with Gasteiger partial charge >= 0.3 is 0 Å². The van der Waals surface area contributed by atoms with Crippen molar-refractivity contribution in [3.63, 3.8) is 0 Å². The average Bonchev–Trinajstić information content (AvgIpc) is 2.53. The predicted molar refractivity (Wildman–Crippen MR) is 44.9 cm³/mol. The smallest absolute Gasteiger partial charge is 0.231 e. The van der Waals surface area contributed by atoms with Crippen molar-refractivity contribution in [3.05, 3.63) is 21.9 Å².